The third kappa shape index (κ3) is 2.26. The highest BCUT2D eigenvalue weighted by Gasteiger charge is 2.20. The molecular formula is C13H13NO3. The number of esters is 1. The summed E-state index contributed by atoms with van der Waals surface area (Å²) in [5.41, 5.74) is 0.474. The van der Waals surface area contributed by atoms with Gasteiger partial charge in [0.2, 0.25) is 0 Å². The number of pyridine rings is 1. The molecule has 0 saturated heterocycles. The van der Waals surface area contributed by atoms with Crippen LogP contribution in [0.2, 0.25) is 0 Å². The summed E-state index contributed by atoms with van der Waals surface area (Å²) in [7, 11) is 0. The first-order valence-corrected chi connectivity index (χ1v) is 5.41. The van der Waals surface area contributed by atoms with Gasteiger partial charge in [-0.15, -0.1) is 0 Å². The molecule has 1 aromatic carbocycles. The van der Waals surface area contributed by atoms with Gasteiger partial charge in [-0.25, -0.2) is 4.79 Å². The number of ether oxygens (including phenoxy) is 1. The molecule has 0 radical (unpaired) electrons. The average Bonchev–Trinajstić information content (AvgIpc) is 2.37. The number of aliphatic hydroxyl groups excluding tert-OH is 1. The fraction of sp³-hybridized carbons (Fsp3) is 0.231. The molecule has 0 amide bonds. The normalized spacial score (nSPS) is 12.4. The van der Waals surface area contributed by atoms with E-state index in [9.17, 15) is 9.90 Å². The van der Waals surface area contributed by atoms with E-state index in [4.69, 9.17) is 4.74 Å². The standard InChI is InChI=1S/C13H13NO3/c1-2-17-13(16)12(15)11-8-14-7-9-5-3-4-6-10(9)11/h3-8,12,15H,2H2,1H3. The van der Waals surface area contributed by atoms with Crippen LogP contribution in [0.1, 0.15) is 18.6 Å². The highest BCUT2D eigenvalue weighted by Crippen LogP contribution is 2.23. The van der Waals surface area contributed by atoms with Gasteiger partial charge in [0.05, 0.1) is 6.61 Å². The van der Waals surface area contributed by atoms with Gasteiger partial charge in [-0.3, -0.25) is 4.98 Å². The molecule has 2 rings (SSSR count). The summed E-state index contributed by atoms with van der Waals surface area (Å²) in [6, 6.07) is 7.45. The van der Waals surface area contributed by atoms with Crippen LogP contribution in [0.5, 0.6) is 0 Å². The summed E-state index contributed by atoms with van der Waals surface area (Å²) in [6.45, 7) is 1.94. The maximum absolute atomic E-state index is 11.5. The Morgan fingerprint density at radius 3 is 2.94 bits per heavy atom. The van der Waals surface area contributed by atoms with Crippen LogP contribution in [0.3, 0.4) is 0 Å². The molecule has 1 unspecified atom stereocenters. The van der Waals surface area contributed by atoms with Gasteiger partial charge in [-0.1, -0.05) is 24.3 Å². The Hall–Kier alpha value is -1.94. The zero-order valence-electron chi connectivity index (χ0n) is 9.46. The van der Waals surface area contributed by atoms with Crippen molar-refractivity contribution < 1.29 is 14.6 Å². The second-order valence-corrected chi connectivity index (χ2v) is 3.60. The van der Waals surface area contributed by atoms with Gasteiger partial charge in [-0.2, -0.15) is 0 Å². The Bertz CT molecular complexity index is 534. The van der Waals surface area contributed by atoms with Gasteiger partial charge in [0.25, 0.3) is 0 Å². The van der Waals surface area contributed by atoms with Crippen molar-refractivity contribution >= 4 is 16.7 Å². The number of hydrogen-bond donors (Lipinski definition) is 1. The fourth-order valence-corrected chi connectivity index (χ4v) is 1.71. The van der Waals surface area contributed by atoms with Crippen molar-refractivity contribution in [2.24, 2.45) is 0 Å². The Morgan fingerprint density at radius 2 is 2.18 bits per heavy atom. The van der Waals surface area contributed by atoms with E-state index in [1.807, 2.05) is 24.3 Å². The van der Waals surface area contributed by atoms with Gasteiger partial charge < -0.3 is 9.84 Å². The van der Waals surface area contributed by atoms with Crippen molar-refractivity contribution in [3.8, 4) is 0 Å². The van der Waals surface area contributed by atoms with Crippen molar-refractivity contribution in [1.29, 1.82) is 0 Å². The minimum atomic E-state index is -1.28. The molecule has 0 aliphatic heterocycles. The van der Waals surface area contributed by atoms with Crippen molar-refractivity contribution in [3.05, 3.63) is 42.2 Å². The number of hydrogen-bond acceptors (Lipinski definition) is 4. The van der Waals surface area contributed by atoms with Gasteiger partial charge in [-0.05, 0) is 12.3 Å². The minimum Gasteiger partial charge on any atom is -0.464 e. The van der Waals surface area contributed by atoms with E-state index >= 15 is 0 Å². The van der Waals surface area contributed by atoms with Gasteiger partial charge in [0, 0.05) is 23.3 Å². The third-order valence-electron chi connectivity index (χ3n) is 2.50. The number of rotatable bonds is 3. The first-order chi connectivity index (χ1) is 8.24. The molecule has 1 heterocycles. The van der Waals surface area contributed by atoms with Crippen LogP contribution in [0, 0.1) is 0 Å². The van der Waals surface area contributed by atoms with E-state index in [-0.39, 0.29) is 6.61 Å². The second kappa shape index (κ2) is 4.93. The van der Waals surface area contributed by atoms with Crippen molar-refractivity contribution in [2.45, 2.75) is 13.0 Å². The maximum atomic E-state index is 11.5. The van der Waals surface area contributed by atoms with E-state index in [1.165, 1.54) is 6.20 Å². The SMILES string of the molecule is CCOC(=O)C(O)c1cncc2ccccc12. The Kier molecular flexibility index (Phi) is 3.35. The first-order valence-electron chi connectivity index (χ1n) is 5.41. The molecule has 1 aromatic heterocycles. The van der Waals surface area contributed by atoms with E-state index in [2.05, 4.69) is 4.98 Å². The lowest BCUT2D eigenvalue weighted by Gasteiger charge is -2.11. The van der Waals surface area contributed by atoms with E-state index in [0.717, 1.165) is 10.8 Å². The lowest BCUT2D eigenvalue weighted by molar-refractivity contribution is -0.153. The molecule has 0 fully saturated rings. The second-order valence-electron chi connectivity index (χ2n) is 3.60. The Morgan fingerprint density at radius 1 is 1.41 bits per heavy atom. The van der Waals surface area contributed by atoms with Crippen molar-refractivity contribution in [1.82, 2.24) is 4.98 Å². The Labute approximate surface area is 98.9 Å². The van der Waals surface area contributed by atoms with Crippen LogP contribution in [0.15, 0.2) is 36.7 Å². The minimum absolute atomic E-state index is 0.244. The number of aliphatic hydroxyl groups is 1. The van der Waals surface area contributed by atoms with Crippen LogP contribution < -0.4 is 0 Å². The van der Waals surface area contributed by atoms with E-state index < -0.39 is 12.1 Å². The maximum Gasteiger partial charge on any atom is 0.339 e. The Balaban J connectivity index is 2.44. The zero-order valence-corrected chi connectivity index (χ0v) is 9.46. The van der Waals surface area contributed by atoms with Crippen molar-refractivity contribution in [3.63, 3.8) is 0 Å². The van der Waals surface area contributed by atoms with Crippen molar-refractivity contribution in [2.75, 3.05) is 6.61 Å². The van der Waals surface area contributed by atoms with Gasteiger partial charge in [0.15, 0.2) is 6.10 Å². The topological polar surface area (TPSA) is 59.4 Å². The number of benzene rings is 1. The molecule has 0 saturated carbocycles. The smallest absolute Gasteiger partial charge is 0.339 e. The van der Waals surface area contributed by atoms with Crippen LogP contribution in [0.4, 0.5) is 0 Å². The number of aromatic nitrogens is 1. The molecule has 17 heavy (non-hydrogen) atoms. The molecule has 88 valence electrons. The molecule has 4 heteroatoms. The first kappa shape index (κ1) is 11.5. The number of carbonyl (C=O) groups is 1. The van der Waals surface area contributed by atoms with E-state index in [0.29, 0.717) is 5.56 Å². The number of carbonyl (C=O) groups excluding carboxylic acids is 1. The van der Waals surface area contributed by atoms with Crippen LogP contribution in [-0.2, 0) is 9.53 Å². The average molecular weight is 231 g/mol. The summed E-state index contributed by atoms with van der Waals surface area (Å²) in [6.07, 6.45) is 1.90. The summed E-state index contributed by atoms with van der Waals surface area (Å²) in [5, 5.41) is 11.6. The quantitative estimate of drug-likeness (QED) is 0.819. The van der Waals surface area contributed by atoms with Crippen LogP contribution in [0.25, 0.3) is 10.8 Å². The predicted octanol–water partition coefficient (Wildman–Crippen LogP) is 1.83. The predicted molar refractivity (Wildman–Crippen MR) is 63.3 cm³/mol. The molecule has 0 aliphatic rings. The highest BCUT2D eigenvalue weighted by molar-refractivity contribution is 5.89. The number of nitrogens with zero attached hydrogens (tertiary/aromatic N) is 1. The lowest BCUT2D eigenvalue weighted by atomic mass is 10.0. The molecule has 1 atom stereocenters. The molecule has 1 N–H and O–H groups in total. The van der Waals surface area contributed by atoms with Crippen LogP contribution >= 0.6 is 0 Å². The molecule has 0 spiro atoms. The van der Waals surface area contributed by atoms with Gasteiger partial charge in [0.1, 0.15) is 0 Å². The summed E-state index contributed by atoms with van der Waals surface area (Å²) in [4.78, 5) is 15.5. The molecular weight excluding hydrogens is 218 g/mol. The number of fused-ring (bicyclic) bond motifs is 1. The largest absolute Gasteiger partial charge is 0.464 e. The molecule has 0 aliphatic carbocycles. The molecule has 0 bridgehead atoms. The summed E-state index contributed by atoms with van der Waals surface area (Å²) < 4.78 is 4.79. The summed E-state index contributed by atoms with van der Waals surface area (Å²) in [5.74, 6) is -0.648. The fourth-order valence-electron chi connectivity index (χ4n) is 1.71. The van der Waals surface area contributed by atoms with E-state index in [1.54, 1.807) is 13.1 Å². The lowest BCUT2D eigenvalue weighted by Crippen LogP contribution is -2.15. The molecule has 2 aromatic rings. The highest BCUT2D eigenvalue weighted by atomic mass is 16.5. The van der Waals surface area contributed by atoms with Crippen LogP contribution in [-0.4, -0.2) is 22.7 Å². The molecule has 4 nitrogen and oxygen atoms in total. The zero-order chi connectivity index (χ0) is 12.3. The van der Waals surface area contributed by atoms with Gasteiger partial charge >= 0.3 is 5.97 Å². The summed E-state index contributed by atoms with van der Waals surface area (Å²) >= 11 is 0. The third-order valence-corrected chi connectivity index (χ3v) is 2.50. The monoisotopic (exact) mass is 231 g/mol.